The van der Waals surface area contributed by atoms with Gasteiger partial charge in [-0.2, -0.15) is 0 Å². The van der Waals surface area contributed by atoms with Crippen molar-refractivity contribution in [2.24, 2.45) is 0 Å². The van der Waals surface area contributed by atoms with Crippen LogP contribution in [0.4, 0.5) is 4.39 Å². The smallest absolute Gasteiger partial charge is 0.140 e. The van der Waals surface area contributed by atoms with Crippen LogP contribution < -0.4 is 5.32 Å². The van der Waals surface area contributed by atoms with Crippen LogP contribution in [0.15, 0.2) is 22.7 Å². The summed E-state index contributed by atoms with van der Waals surface area (Å²) in [6, 6.07) is 5.08. The van der Waals surface area contributed by atoms with E-state index in [1.165, 1.54) is 11.8 Å². The summed E-state index contributed by atoms with van der Waals surface area (Å²) >= 11 is 3.27. The van der Waals surface area contributed by atoms with Crippen molar-refractivity contribution in [3.05, 3.63) is 39.9 Å². The Labute approximate surface area is 144 Å². The Balaban J connectivity index is 1.85. The fourth-order valence-electron chi connectivity index (χ4n) is 2.96. The molecule has 0 saturated carbocycles. The average Bonchev–Trinajstić information content (AvgIpc) is 2.84. The Bertz CT molecular complexity index is 692. The molecule has 1 saturated heterocycles. The van der Waals surface area contributed by atoms with Crippen LogP contribution in [-0.4, -0.2) is 47.2 Å². The summed E-state index contributed by atoms with van der Waals surface area (Å²) in [6.45, 7) is 10.3. The molecule has 23 heavy (non-hydrogen) atoms. The summed E-state index contributed by atoms with van der Waals surface area (Å²) in [6.07, 6.45) is 0. The molecule has 0 radical (unpaired) electrons. The van der Waals surface area contributed by atoms with Crippen LogP contribution >= 0.6 is 15.9 Å². The van der Waals surface area contributed by atoms with E-state index in [0.29, 0.717) is 4.47 Å². The molecule has 124 valence electrons. The molecule has 2 heterocycles. The Morgan fingerprint density at radius 1 is 1.22 bits per heavy atom. The van der Waals surface area contributed by atoms with E-state index in [1.807, 2.05) is 6.92 Å². The minimum Gasteiger partial charge on any atom is -0.327 e. The zero-order valence-electron chi connectivity index (χ0n) is 13.6. The summed E-state index contributed by atoms with van der Waals surface area (Å²) in [4.78, 5) is 7.17. The number of imidazole rings is 1. The van der Waals surface area contributed by atoms with Crippen LogP contribution in [0.3, 0.4) is 0 Å². The summed E-state index contributed by atoms with van der Waals surface area (Å²) in [5, 5.41) is 3.38. The van der Waals surface area contributed by atoms with Gasteiger partial charge in [0.05, 0.1) is 10.2 Å². The number of piperazine rings is 1. The molecule has 1 aromatic heterocycles. The standard InChI is InChI=1S/C17H22BrFN4/c1-12-13(2)23(10-9-22-7-5-20-6-8-22)17(21-12)14-3-4-16(19)15(18)11-14/h3-4,11,20H,5-10H2,1-2H3. The normalized spacial score (nSPS) is 16.0. The molecule has 1 aromatic carbocycles. The van der Waals surface area contributed by atoms with Crippen molar-refractivity contribution >= 4 is 15.9 Å². The predicted octanol–water partition coefficient (Wildman–Crippen LogP) is 2.97. The van der Waals surface area contributed by atoms with Gasteiger partial charge >= 0.3 is 0 Å². The molecule has 1 fully saturated rings. The Hall–Kier alpha value is -1.24. The minimum atomic E-state index is -0.249. The molecule has 1 N–H and O–H groups in total. The number of benzene rings is 1. The van der Waals surface area contributed by atoms with E-state index in [0.717, 1.165) is 56.4 Å². The monoisotopic (exact) mass is 380 g/mol. The number of rotatable bonds is 4. The zero-order valence-corrected chi connectivity index (χ0v) is 15.2. The Morgan fingerprint density at radius 2 is 1.96 bits per heavy atom. The first-order chi connectivity index (χ1) is 11.1. The molecule has 0 aliphatic carbocycles. The van der Waals surface area contributed by atoms with Crippen LogP contribution in [-0.2, 0) is 6.54 Å². The summed E-state index contributed by atoms with van der Waals surface area (Å²) in [5.74, 6) is 0.664. The average molecular weight is 381 g/mol. The summed E-state index contributed by atoms with van der Waals surface area (Å²) in [5.41, 5.74) is 3.14. The molecular weight excluding hydrogens is 359 g/mol. The van der Waals surface area contributed by atoms with Crippen molar-refractivity contribution in [3.8, 4) is 11.4 Å². The van der Waals surface area contributed by atoms with Crippen LogP contribution in [0.25, 0.3) is 11.4 Å². The SMILES string of the molecule is Cc1nc(-c2ccc(F)c(Br)c2)n(CCN2CCNCC2)c1C. The molecule has 0 atom stereocenters. The second-order valence-corrected chi connectivity index (χ2v) is 6.83. The van der Waals surface area contributed by atoms with Crippen molar-refractivity contribution in [2.75, 3.05) is 32.7 Å². The topological polar surface area (TPSA) is 33.1 Å². The second kappa shape index (κ2) is 7.11. The van der Waals surface area contributed by atoms with Crippen LogP contribution in [0.2, 0.25) is 0 Å². The molecule has 1 aliphatic heterocycles. The lowest BCUT2D eigenvalue weighted by molar-refractivity contribution is 0.232. The van der Waals surface area contributed by atoms with Gasteiger partial charge < -0.3 is 9.88 Å². The third-order valence-corrected chi connectivity index (χ3v) is 5.09. The van der Waals surface area contributed by atoms with Crippen LogP contribution in [0.1, 0.15) is 11.4 Å². The lowest BCUT2D eigenvalue weighted by Crippen LogP contribution is -2.44. The second-order valence-electron chi connectivity index (χ2n) is 5.98. The third-order valence-electron chi connectivity index (χ3n) is 4.49. The highest BCUT2D eigenvalue weighted by atomic mass is 79.9. The van der Waals surface area contributed by atoms with Gasteiger partial charge in [0, 0.05) is 50.5 Å². The van der Waals surface area contributed by atoms with E-state index in [9.17, 15) is 4.39 Å². The molecule has 1 aliphatic rings. The maximum atomic E-state index is 13.5. The van der Waals surface area contributed by atoms with E-state index >= 15 is 0 Å². The molecule has 0 bridgehead atoms. The highest BCUT2D eigenvalue weighted by molar-refractivity contribution is 9.10. The molecule has 0 unspecified atom stereocenters. The van der Waals surface area contributed by atoms with Crippen molar-refractivity contribution in [1.29, 1.82) is 0 Å². The lowest BCUT2D eigenvalue weighted by atomic mass is 10.2. The largest absolute Gasteiger partial charge is 0.327 e. The molecule has 0 spiro atoms. The van der Waals surface area contributed by atoms with Crippen LogP contribution in [0, 0.1) is 19.7 Å². The van der Waals surface area contributed by atoms with Crippen LogP contribution in [0.5, 0.6) is 0 Å². The third kappa shape index (κ3) is 3.65. The first kappa shape index (κ1) is 16.6. The molecule has 6 heteroatoms. The van der Waals surface area contributed by atoms with E-state index in [2.05, 4.69) is 37.6 Å². The van der Waals surface area contributed by atoms with E-state index in [-0.39, 0.29) is 5.82 Å². The van der Waals surface area contributed by atoms with E-state index in [1.54, 1.807) is 12.1 Å². The number of nitrogens with zero attached hydrogens (tertiary/aromatic N) is 3. The van der Waals surface area contributed by atoms with Crippen molar-refractivity contribution in [3.63, 3.8) is 0 Å². The van der Waals surface area contributed by atoms with Gasteiger partial charge in [0.2, 0.25) is 0 Å². The Morgan fingerprint density at radius 3 is 2.65 bits per heavy atom. The van der Waals surface area contributed by atoms with Gasteiger partial charge in [0.1, 0.15) is 11.6 Å². The molecular formula is C17H22BrFN4. The molecule has 0 amide bonds. The number of halogens is 2. The summed E-state index contributed by atoms with van der Waals surface area (Å²) in [7, 11) is 0. The van der Waals surface area contributed by atoms with Gasteiger partial charge in [-0.15, -0.1) is 0 Å². The number of hydrogen-bond donors (Lipinski definition) is 1. The van der Waals surface area contributed by atoms with Crippen molar-refractivity contribution < 1.29 is 4.39 Å². The summed E-state index contributed by atoms with van der Waals surface area (Å²) < 4.78 is 16.2. The van der Waals surface area contributed by atoms with Gasteiger partial charge in [0.15, 0.2) is 0 Å². The highest BCUT2D eigenvalue weighted by Crippen LogP contribution is 2.26. The first-order valence-electron chi connectivity index (χ1n) is 7.98. The zero-order chi connectivity index (χ0) is 16.4. The van der Waals surface area contributed by atoms with Gasteiger partial charge in [-0.05, 0) is 48.0 Å². The van der Waals surface area contributed by atoms with E-state index < -0.39 is 0 Å². The number of aryl methyl sites for hydroxylation is 1. The van der Waals surface area contributed by atoms with Gasteiger partial charge in [-0.25, -0.2) is 9.37 Å². The van der Waals surface area contributed by atoms with Gasteiger partial charge in [-0.1, -0.05) is 0 Å². The fourth-order valence-corrected chi connectivity index (χ4v) is 3.34. The number of nitrogens with one attached hydrogen (secondary N) is 1. The number of hydrogen-bond acceptors (Lipinski definition) is 3. The Kier molecular flexibility index (Phi) is 5.14. The van der Waals surface area contributed by atoms with E-state index in [4.69, 9.17) is 4.98 Å². The maximum Gasteiger partial charge on any atom is 0.140 e. The first-order valence-corrected chi connectivity index (χ1v) is 8.78. The molecule has 4 nitrogen and oxygen atoms in total. The highest BCUT2D eigenvalue weighted by Gasteiger charge is 2.16. The van der Waals surface area contributed by atoms with Crippen molar-refractivity contribution in [1.82, 2.24) is 19.8 Å². The quantitative estimate of drug-likeness (QED) is 0.884. The predicted molar refractivity (Wildman–Crippen MR) is 94.1 cm³/mol. The fraction of sp³-hybridized carbons (Fsp3) is 0.471. The minimum absolute atomic E-state index is 0.249. The van der Waals surface area contributed by atoms with Crippen molar-refractivity contribution in [2.45, 2.75) is 20.4 Å². The maximum absolute atomic E-state index is 13.5. The lowest BCUT2D eigenvalue weighted by Gasteiger charge is -2.27. The molecule has 2 aromatic rings. The number of aromatic nitrogens is 2. The van der Waals surface area contributed by atoms with Gasteiger partial charge in [0.25, 0.3) is 0 Å². The van der Waals surface area contributed by atoms with Gasteiger partial charge in [-0.3, -0.25) is 4.90 Å². The molecule has 3 rings (SSSR count).